The van der Waals surface area contributed by atoms with E-state index in [0.29, 0.717) is 0 Å². The fourth-order valence-corrected chi connectivity index (χ4v) is 3.30. The first-order valence-corrected chi connectivity index (χ1v) is 11.3. The minimum Gasteiger partial charge on any atom is -0.480 e. The second-order valence-corrected chi connectivity index (χ2v) is 8.66. The van der Waals surface area contributed by atoms with Crippen LogP contribution in [-0.2, 0) is 25.6 Å². The van der Waals surface area contributed by atoms with Crippen molar-refractivity contribution in [2.24, 2.45) is 11.7 Å². The number of carbonyl (C=O) groups is 4. The molecule has 0 bridgehead atoms. The first kappa shape index (κ1) is 28.4. The van der Waals surface area contributed by atoms with Gasteiger partial charge in [-0.25, -0.2) is 4.79 Å². The van der Waals surface area contributed by atoms with E-state index in [1.807, 2.05) is 44.2 Å². The molecule has 10 nitrogen and oxygen atoms in total. The number of nitrogens with two attached hydrogens (primary N) is 1. The van der Waals surface area contributed by atoms with Crippen LogP contribution in [0.5, 0.6) is 0 Å². The third-order valence-electron chi connectivity index (χ3n) is 4.84. The standard InChI is InChI=1S/C22H34N4O6S/c1-12(2)9-16(22(31)32)24-20(29)17(11-33)25-21(30)18(13(3)27)26-19(28)15(23)10-14-7-5-4-6-8-14/h4-8,12-13,15-18,27,33H,9-11,23H2,1-3H3,(H,24,29)(H,25,30)(H,26,28)(H,31,32). The van der Waals surface area contributed by atoms with Gasteiger partial charge in [-0.3, -0.25) is 14.4 Å². The SMILES string of the molecule is CC(C)CC(NC(=O)C(CS)NC(=O)C(NC(=O)C(N)Cc1ccccc1)C(C)O)C(=O)O. The summed E-state index contributed by atoms with van der Waals surface area (Å²) in [5, 5.41) is 26.5. The van der Waals surface area contributed by atoms with Crippen molar-refractivity contribution < 1.29 is 29.4 Å². The molecule has 0 aliphatic rings. The quantitative estimate of drug-likeness (QED) is 0.185. The van der Waals surface area contributed by atoms with Crippen LogP contribution in [0.25, 0.3) is 0 Å². The summed E-state index contributed by atoms with van der Waals surface area (Å²) < 4.78 is 0. The molecule has 33 heavy (non-hydrogen) atoms. The lowest BCUT2D eigenvalue weighted by Gasteiger charge is -2.26. The number of aliphatic hydroxyl groups excluding tert-OH is 1. The van der Waals surface area contributed by atoms with Gasteiger partial charge >= 0.3 is 5.97 Å². The Bertz CT molecular complexity index is 805. The highest BCUT2D eigenvalue weighted by atomic mass is 32.1. The Morgan fingerprint density at radius 2 is 1.52 bits per heavy atom. The summed E-state index contributed by atoms with van der Waals surface area (Å²) in [4.78, 5) is 49.1. The zero-order valence-electron chi connectivity index (χ0n) is 19.0. The molecule has 0 heterocycles. The summed E-state index contributed by atoms with van der Waals surface area (Å²) in [5.74, 6) is -3.50. The van der Waals surface area contributed by atoms with E-state index in [9.17, 15) is 29.4 Å². The molecule has 184 valence electrons. The number of benzene rings is 1. The van der Waals surface area contributed by atoms with Crippen LogP contribution in [0.15, 0.2) is 30.3 Å². The van der Waals surface area contributed by atoms with E-state index in [0.717, 1.165) is 5.56 Å². The minimum absolute atomic E-state index is 0.0189. The number of aliphatic carboxylic acids is 1. The van der Waals surface area contributed by atoms with Gasteiger partial charge in [0.2, 0.25) is 17.7 Å². The van der Waals surface area contributed by atoms with Crippen LogP contribution in [0.3, 0.4) is 0 Å². The molecule has 0 fully saturated rings. The van der Waals surface area contributed by atoms with Crippen molar-refractivity contribution in [1.82, 2.24) is 16.0 Å². The van der Waals surface area contributed by atoms with Crippen LogP contribution >= 0.6 is 12.6 Å². The number of nitrogens with one attached hydrogen (secondary N) is 3. The average Bonchev–Trinajstić information content (AvgIpc) is 2.74. The second-order valence-electron chi connectivity index (χ2n) is 8.30. The van der Waals surface area contributed by atoms with Crippen molar-refractivity contribution >= 4 is 36.3 Å². The van der Waals surface area contributed by atoms with E-state index in [4.69, 9.17) is 5.73 Å². The summed E-state index contributed by atoms with van der Waals surface area (Å²) in [5.41, 5.74) is 6.77. The molecule has 0 aromatic heterocycles. The number of hydrogen-bond donors (Lipinski definition) is 7. The third-order valence-corrected chi connectivity index (χ3v) is 5.20. The molecule has 0 saturated heterocycles. The van der Waals surface area contributed by atoms with Gasteiger partial charge < -0.3 is 31.9 Å². The van der Waals surface area contributed by atoms with Crippen LogP contribution in [-0.4, -0.2) is 69.9 Å². The molecule has 1 aromatic carbocycles. The first-order valence-electron chi connectivity index (χ1n) is 10.7. The zero-order chi connectivity index (χ0) is 25.1. The van der Waals surface area contributed by atoms with Gasteiger partial charge in [-0.15, -0.1) is 0 Å². The molecular formula is C22H34N4O6S. The Labute approximate surface area is 199 Å². The van der Waals surface area contributed by atoms with Gasteiger partial charge in [-0.1, -0.05) is 44.2 Å². The number of thiol groups is 1. The maximum atomic E-state index is 12.7. The molecule has 0 aliphatic heterocycles. The summed E-state index contributed by atoms with van der Waals surface area (Å²) in [7, 11) is 0. The van der Waals surface area contributed by atoms with Crippen molar-refractivity contribution in [3.63, 3.8) is 0 Å². The lowest BCUT2D eigenvalue weighted by Crippen LogP contribution is -2.60. The fourth-order valence-electron chi connectivity index (χ4n) is 3.05. The molecule has 5 atom stereocenters. The lowest BCUT2D eigenvalue weighted by atomic mass is 10.0. The molecule has 0 saturated carbocycles. The van der Waals surface area contributed by atoms with Gasteiger partial charge in [-0.05, 0) is 31.2 Å². The predicted octanol–water partition coefficient (Wildman–Crippen LogP) is -0.548. The molecular weight excluding hydrogens is 448 g/mol. The molecule has 3 amide bonds. The third kappa shape index (κ3) is 9.80. The van der Waals surface area contributed by atoms with E-state index < -0.39 is 54.0 Å². The number of carbonyl (C=O) groups excluding carboxylic acids is 3. The highest BCUT2D eigenvalue weighted by Crippen LogP contribution is 2.06. The molecule has 7 N–H and O–H groups in total. The minimum atomic E-state index is -1.37. The Morgan fingerprint density at radius 3 is 2.00 bits per heavy atom. The molecule has 0 radical (unpaired) electrons. The molecule has 0 aliphatic carbocycles. The van der Waals surface area contributed by atoms with Crippen LogP contribution in [0.2, 0.25) is 0 Å². The van der Waals surface area contributed by atoms with E-state index in [1.165, 1.54) is 6.92 Å². The number of amides is 3. The molecule has 0 spiro atoms. The monoisotopic (exact) mass is 482 g/mol. The van der Waals surface area contributed by atoms with Gasteiger partial charge in [0.15, 0.2) is 0 Å². The average molecular weight is 483 g/mol. The smallest absolute Gasteiger partial charge is 0.326 e. The highest BCUT2D eigenvalue weighted by molar-refractivity contribution is 7.80. The summed E-state index contributed by atoms with van der Waals surface area (Å²) >= 11 is 4.06. The molecule has 1 aromatic rings. The van der Waals surface area contributed by atoms with Gasteiger partial charge in [0.05, 0.1) is 12.1 Å². The first-order chi connectivity index (χ1) is 15.5. The lowest BCUT2D eigenvalue weighted by molar-refractivity contribution is -0.142. The van der Waals surface area contributed by atoms with Gasteiger partial charge in [-0.2, -0.15) is 12.6 Å². The normalized spacial score (nSPS) is 15.6. The van der Waals surface area contributed by atoms with Crippen molar-refractivity contribution in [2.75, 3.05) is 5.75 Å². The fraction of sp³-hybridized carbons (Fsp3) is 0.545. The topological polar surface area (TPSA) is 171 Å². The number of aliphatic hydroxyl groups is 1. The van der Waals surface area contributed by atoms with E-state index >= 15 is 0 Å². The highest BCUT2D eigenvalue weighted by Gasteiger charge is 2.32. The molecule has 5 unspecified atom stereocenters. The summed E-state index contributed by atoms with van der Waals surface area (Å²) in [6.07, 6.45) is -0.844. The van der Waals surface area contributed by atoms with Gasteiger partial charge in [0.1, 0.15) is 18.1 Å². The number of rotatable bonds is 13. The number of hydrogen-bond acceptors (Lipinski definition) is 7. The molecule has 11 heteroatoms. The van der Waals surface area contributed by atoms with Crippen molar-refractivity contribution in [2.45, 2.75) is 63.9 Å². The Morgan fingerprint density at radius 1 is 0.939 bits per heavy atom. The number of carboxylic acids is 1. The van der Waals surface area contributed by atoms with Crippen LogP contribution in [0.1, 0.15) is 32.8 Å². The van der Waals surface area contributed by atoms with Crippen molar-refractivity contribution in [1.29, 1.82) is 0 Å². The maximum Gasteiger partial charge on any atom is 0.326 e. The largest absolute Gasteiger partial charge is 0.480 e. The molecule has 1 rings (SSSR count). The van der Waals surface area contributed by atoms with Gasteiger partial charge in [0, 0.05) is 5.75 Å². The predicted molar refractivity (Wildman–Crippen MR) is 127 cm³/mol. The summed E-state index contributed by atoms with van der Waals surface area (Å²) in [6.45, 7) is 4.95. The zero-order valence-corrected chi connectivity index (χ0v) is 19.9. The second kappa shape index (κ2) is 13.8. The Balaban J connectivity index is 2.79. The van der Waals surface area contributed by atoms with Crippen molar-refractivity contribution in [3.8, 4) is 0 Å². The number of carboxylic acid groups (broad SMARTS) is 1. The Kier molecular flexibility index (Phi) is 11.9. The summed E-state index contributed by atoms with van der Waals surface area (Å²) in [6, 6.07) is 4.44. The van der Waals surface area contributed by atoms with E-state index in [2.05, 4.69) is 28.6 Å². The van der Waals surface area contributed by atoms with E-state index in [1.54, 1.807) is 0 Å². The van der Waals surface area contributed by atoms with Crippen molar-refractivity contribution in [3.05, 3.63) is 35.9 Å². The Hall–Kier alpha value is -2.63. The van der Waals surface area contributed by atoms with Gasteiger partial charge in [0.25, 0.3) is 0 Å². The van der Waals surface area contributed by atoms with Crippen LogP contribution in [0, 0.1) is 5.92 Å². The van der Waals surface area contributed by atoms with Crippen LogP contribution in [0.4, 0.5) is 0 Å². The van der Waals surface area contributed by atoms with E-state index in [-0.39, 0.29) is 24.5 Å². The van der Waals surface area contributed by atoms with Crippen LogP contribution < -0.4 is 21.7 Å². The maximum absolute atomic E-state index is 12.7.